The number of hydrogen-bond donors (Lipinski definition) is 0. The monoisotopic (exact) mass is 416 g/mol. The molecular formula is C22H24O8. The predicted octanol–water partition coefficient (Wildman–Crippen LogP) is 3.38. The van der Waals surface area contributed by atoms with Crippen molar-refractivity contribution in [3.05, 3.63) is 47.5 Å². The smallest absolute Gasteiger partial charge is 0.303 e. The number of benzene rings is 2. The molecule has 1 aliphatic heterocycles. The summed E-state index contributed by atoms with van der Waals surface area (Å²) in [5.41, 5.74) is 1.23. The number of hydrogen-bond acceptors (Lipinski definition) is 8. The third-order valence-corrected chi connectivity index (χ3v) is 4.71. The minimum Gasteiger partial charge on any atom is -0.497 e. The first-order valence-electron chi connectivity index (χ1n) is 9.28. The lowest BCUT2D eigenvalue weighted by molar-refractivity contribution is -0.178. The first-order chi connectivity index (χ1) is 14.4. The molecular weight excluding hydrogens is 392 g/mol. The minimum atomic E-state index is -0.912. The van der Waals surface area contributed by atoms with Gasteiger partial charge in [0.2, 0.25) is 0 Å². The summed E-state index contributed by atoms with van der Waals surface area (Å²) in [5, 5.41) is 0. The Bertz CT molecular complexity index is 939. The van der Waals surface area contributed by atoms with Gasteiger partial charge in [-0.25, -0.2) is 0 Å². The highest BCUT2D eigenvalue weighted by molar-refractivity contribution is 5.68. The number of esters is 2. The van der Waals surface area contributed by atoms with Crippen LogP contribution in [-0.2, 0) is 19.1 Å². The molecule has 30 heavy (non-hydrogen) atoms. The Morgan fingerprint density at radius 1 is 0.833 bits per heavy atom. The van der Waals surface area contributed by atoms with Crippen molar-refractivity contribution in [1.82, 2.24) is 0 Å². The van der Waals surface area contributed by atoms with E-state index in [2.05, 4.69) is 0 Å². The molecule has 3 atom stereocenters. The number of methoxy groups -OCH3 is 3. The first-order valence-corrected chi connectivity index (χ1v) is 9.28. The lowest BCUT2D eigenvalue weighted by Gasteiger charge is -2.38. The van der Waals surface area contributed by atoms with Gasteiger partial charge in [-0.1, -0.05) is 6.07 Å². The van der Waals surface area contributed by atoms with E-state index in [1.165, 1.54) is 28.1 Å². The second kappa shape index (κ2) is 8.94. The average Bonchev–Trinajstić information content (AvgIpc) is 2.73. The normalized spacial score (nSPS) is 19.7. The summed E-state index contributed by atoms with van der Waals surface area (Å²) in [6.07, 6.45) is -2.54. The fraction of sp³-hybridized carbons (Fsp3) is 0.364. The van der Waals surface area contributed by atoms with E-state index in [1.807, 2.05) is 0 Å². The zero-order valence-corrected chi connectivity index (χ0v) is 17.5. The first kappa shape index (κ1) is 21.3. The van der Waals surface area contributed by atoms with Gasteiger partial charge in [0.1, 0.15) is 11.5 Å². The fourth-order valence-electron chi connectivity index (χ4n) is 3.43. The van der Waals surface area contributed by atoms with Crippen molar-refractivity contribution in [3.63, 3.8) is 0 Å². The SMILES string of the molecule is COc1ccc2c(c1)O[C@H](c1ccc(OC)c(OC)c1)[C@H](OC(C)=O)[C@H]2OC(C)=O. The lowest BCUT2D eigenvalue weighted by atomic mass is 9.91. The molecule has 0 fully saturated rings. The number of rotatable bonds is 6. The molecule has 3 rings (SSSR count). The number of carbonyl (C=O) groups is 2. The van der Waals surface area contributed by atoms with Gasteiger partial charge in [-0.05, 0) is 24.3 Å². The van der Waals surface area contributed by atoms with Gasteiger partial charge in [0.25, 0.3) is 0 Å². The van der Waals surface area contributed by atoms with Crippen LogP contribution in [0.5, 0.6) is 23.0 Å². The van der Waals surface area contributed by atoms with Gasteiger partial charge in [-0.3, -0.25) is 9.59 Å². The summed E-state index contributed by atoms with van der Waals surface area (Å²) in [4.78, 5) is 23.7. The highest BCUT2D eigenvalue weighted by Crippen LogP contribution is 2.46. The molecule has 0 aliphatic carbocycles. The Balaban J connectivity index is 2.14. The molecule has 2 aromatic carbocycles. The van der Waals surface area contributed by atoms with Crippen LogP contribution in [0.1, 0.15) is 37.2 Å². The third-order valence-electron chi connectivity index (χ3n) is 4.71. The molecule has 1 heterocycles. The van der Waals surface area contributed by atoms with E-state index < -0.39 is 30.3 Å². The van der Waals surface area contributed by atoms with Crippen LogP contribution in [0.4, 0.5) is 0 Å². The maximum Gasteiger partial charge on any atom is 0.303 e. The van der Waals surface area contributed by atoms with Crippen LogP contribution in [0.25, 0.3) is 0 Å². The number of ether oxygens (including phenoxy) is 6. The molecule has 8 nitrogen and oxygen atoms in total. The van der Waals surface area contributed by atoms with E-state index in [0.29, 0.717) is 34.1 Å². The zero-order valence-electron chi connectivity index (χ0n) is 17.5. The van der Waals surface area contributed by atoms with Gasteiger partial charge in [-0.15, -0.1) is 0 Å². The van der Waals surface area contributed by atoms with Gasteiger partial charge in [0.15, 0.2) is 29.8 Å². The van der Waals surface area contributed by atoms with E-state index in [4.69, 9.17) is 28.4 Å². The Hall–Kier alpha value is -3.42. The third kappa shape index (κ3) is 4.27. The number of fused-ring (bicyclic) bond motifs is 1. The van der Waals surface area contributed by atoms with Gasteiger partial charge in [0.05, 0.1) is 21.3 Å². The molecule has 0 saturated heterocycles. The predicted molar refractivity (Wildman–Crippen MR) is 106 cm³/mol. The largest absolute Gasteiger partial charge is 0.497 e. The van der Waals surface area contributed by atoms with Crippen molar-refractivity contribution in [2.24, 2.45) is 0 Å². The minimum absolute atomic E-state index is 0.462. The Labute approximate surface area is 174 Å². The van der Waals surface area contributed by atoms with Gasteiger partial charge < -0.3 is 28.4 Å². The van der Waals surface area contributed by atoms with Crippen LogP contribution in [0.15, 0.2) is 36.4 Å². The molecule has 0 bridgehead atoms. The molecule has 1 aliphatic rings. The van der Waals surface area contributed by atoms with E-state index in [-0.39, 0.29) is 0 Å². The van der Waals surface area contributed by atoms with E-state index >= 15 is 0 Å². The average molecular weight is 416 g/mol. The van der Waals surface area contributed by atoms with Crippen LogP contribution >= 0.6 is 0 Å². The van der Waals surface area contributed by atoms with E-state index in [9.17, 15) is 9.59 Å². The number of carbonyl (C=O) groups excluding carboxylic acids is 2. The van der Waals surface area contributed by atoms with Crippen LogP contribution < -0.4 is 18.9 Å². The highest BCUT2D eigenvalue weighted by atomic mass is 16.6. The van der Waals surface area contributed by atoms with Crippen molar-refractivity contribution in [1.29, 1.82) is 0 Å². The summed E-state index contributed by atoms with van der Waals surface area (Å²) in [6.45, 7) is 2.59. The molecule has 0 N–H and O–H groups in total. The van der Waals surface area contributed by atoms with Crippen molar-refractivity contribution in [2.75, 3.05) is 21.3 Å². The molecule has 0 unspecified atom stereocenters. The standard InChI is InChI=1S/C22H24O8/c1-12(23)28-21-16-8-7-15(25-3)11-18(16)30-20(22(21)29-13(2)24)14-6-9-17(26-4)19(10-14)27-5/h6-11,20-22H,1-5H3/t20-,21+,22+/m1/s1. The van der Waals surface area contributed by atoms with Crippen molar-refractivity contribution < 1.29 is 38.0 Å². The molecule has 8 heteroatoms. The van der Waals surface area contributed by atoms with Gasteiger partial charge in [0, 0.05) is 31.0 Å². The van der Waals surface area contributed by atoms with Crippen molar-refractivity contribution in [2.45, 2.75) is 32.2 Å². The lowest BCUT2D eigenvalue weighted by Crippen LogP contribution is -2.39. The second-order valence-electron chi connectivity index (χ2n) is 6.66. The second-order valence-corrected chi connectivity index (χ2v) is 6.66. The molecule has 0 aromatic heterocycles. The van der Waals surface area contributed by atoms with Gasteiger partial charge >= 0.3 is 11.9 Å². The molecule has 0 spiro atoms. The van der Waals surface area contributed by atoms with Crippen molar-refractivity contribution >= 4 is 11.9 Å². The zero-order chi connectivity index (χ0) is 21.8. The summed E-state index contributed by atoms with van der Waals surface area (Å²) in [7, 11) is 4.60. The Morgan fingerprint density at radius 2 is 1.53 bits per heavy atom. The Morgan fingerprint density at radius 3 is 2.13 bits per heavy atom. The molecule has 0 saturated carbocycles. The fourth-order valence-corrected chi connectivity index (χ4v) is 3.43. The Kier molecular flexibility index (Phi) is 6.34. The van der Waals surface area contributed by atoms with Crippen LogP contribution in [0.2, 0.25) is 0 Å². The molecule has 0 amide bonds. The quantitative estimate of drug-likeness (QED) is 0.662. The van der Waals surface area contributed by atoms with Gasteiger partial charge in [-0.2, -0.15) is 0 Å². The summed E-state index contributed by atoms with van der Waals surface area (Å²) >= 11 is 0. The summed E-state index contributed by atoms with van der Waals surface area (Å²) in [5.74, 6) is 1.03. The summed E-state index contributed by atoms with van der Waals surface area (Å²) in [6, 6.07) is 10.4. The van der Waals surface area contributed by atoms with Crippen LogP contribution in [-0.4, -0.2) is 39.4 Å². The highest BCUT2D eigenvalue weighted by Gasteiger charge is 2.44. The maximum atomic E-state index is 11.9. The maximum absolute atomic E-state index is 11.9. The molecule has 0 radical (unpaired) electrons. The summed E-state index contributed by atoms with van der Waals surface area (Å²) < 4.78 is 33.3. The van der Waals surface area contributed by atoms with Crippen LogP contribution in [0, 0.1) is 0 Å². The van der Waals surface area contributed by atoms with E-state index in [1.54, 1.807) is 43.5 Å². The molecule has 2 aromatic rings. The van der Waals surface area contributed by atoms with Crippen molar-refractivity contribution in [3.8, 4) is 23.0 Å². The molecule has 160 valence electrons. The topological polar surface area (TPSA) is 89.5 Å². The van der Waals surface area contributed by atoms with Crippen LogP contribution in [0.3, 0.4) is 0 Å². The van der Waals surface area contributed by atoms with E-state index in [0.717, 1.165) is 0 Å².